The van der Waals surface area contributed by atoms with Crippen molar-refractivity contribution in [2.75, 3.05) is 0 Å². The van der Waals surface area contributed by atoms with Crippen LogP contribution in [0.4, 0.5) is 4.39 Å². The van der Waals surface area contributed by atoms with Crippen molar-refractivity contribution in [3.63, 3.8) is 0 Å². The maximum absolute atomic E-state index is 13.8. The van der Waals surface area contributed by atoms with Crippen molar-refractivity contribution in [2.45, 2.75) is 103 Å². The number of hydrogen-bond donors (Lipinski definition) is 2. The van der Waals surface area contributed by atoms with Gasteiger partial charge in [-0.1, -0.05) is 75.8 Å². The van der Waals surface area contributed by atoms with Gasteiger partial charge in [-0.05, 0) is 73.3 Å². The van der Waals surface area contributed by atoms with Gasteiger partial charge >= 0.3 is 0 Å². The van der Waals surface area contributed by atoms with Crippen molar-refractivity contribution in [3.8, 4) is 0 Å². The van der Waals surface area contributed by atoms with Crippen LogP contribution in [0, 0.1) is 17.3 Å². The molecule has 2 nitrogen and oxygen atoms in total. The molecule has 0 saturated heterocycles. The number of allylic oxidation sites excluding steroid dienone is 7. The zero-order valence-corrected chi connectivity index (χ0v) is 20.5. The molecule has 0 aromatic carbocycles. The Morgan fingerprint density at radius 2 is 2.00 bits per heavy atom. The lowest BCUT2D eigenvalue weighted by atomic mass is 9.62. The second-order valence-corrected chi connectivity index (χ2v) is 10.6. The zero-order valence-electron chi connectivity index (χ0n) is 20.5. The predicted molar refractivity (Wildman–Crippen MR) is 132 cm³/mol. The standard InChI is InChI=1S/C29H43FO2/c1-6-29(32,7-2)17-8-10-20(3)24-14-15-25-22(11-9-16-28(24,25)5)12-13-23-19-27(31)26(30)18-21(23)4/h8,12-14,17,20,25-27,31-32H,4,6-7,9-11,15-16,18-19H2,1-3,5H3/b17-8+,22-12+,23-13-/t20-,25-,26+,27+,28+/m0/s1. The highest BCUT2D eigenvalue weighted by Gasteiger charge is 2.45. The SMILES string of the molecule is C=C1C[C@@H](F)[C@H](O)C/C1=C/C=C1\CCC[C@]2(C)C([C@@H](C)C/C=C/C(O)(CC)CC)=CC[C@@H]12. The summed E-state index contributed by atoms with van der Waals surface area (Å²) < 4.78 is 13.8. The fraction of sp³-hybridized carbons (Fsp3) is 0.655. The molecule has 2 saturated carbocycles. The molecule has 3 heteroatoms. The third kappa shape index (κ3) is 5.20. The summed E-state index contributed by atoms with van der Waals surface area (Å²) in [6.45, 7) is 12.9. The first-order chi connectivity index (χ1) is 15.1. The molecule has 0 aromatic rings. The molecule has 0 radical (unpaired) electrons. The van der Waals surface area contributed by atoms with E-state index in [1.54, 1.807) is 5.57 Å². The van der Waals surface area contributed by atoms with Crippen LogP contribution in [0.25, 0.3) is 0 Å². The van der Waals surface area contributed by atoms with Gasteiger partial charge in [0.05, 0.1) is 11.7 Å². The van der Waals surface area contributed by atoms with E-state index >= 15 is 0 Å². The van der Waals surface area contributed by atoms with Crippen molar-refractivity contribution in [2.24, 2.45) is 17.3 Å². The minimum atomic E-state index is -1.19. The number of aliphatic hydroxyl groups is 2. The van der Waals surface area contributed by atoms with Crippen LogP contribution in [-0.4, -0.2) is 28.1 Å². The topological polar surface area (TPSA) is 40.5 Å². The summed E-state index contributed by atoms with van der Waals surface area (Å²) in [6.07, 6.45) is 16.5. The molecule has 0 bridgehead atoms. The van der Waals surface area contributed by atoms with Crippen LogP contribution in [0.1, 0.15) is 85.5 Å². The Morgan fingerprint density at radius 1 is 1.28 bits per heavy atom. The Labute approximate surface area is 194 Å². The average Bonchev–Trinajstić information content (AvgIpc) is 3.12. The van der Waals surface area contributed by atoms with Crippen LogP contribution >= 0.6 is 0 Å². The highest BCUT2D eigenvalue weighted by atomic mass is 19.1. The average molecular weight is 443 g/mol. The van der Waals surface area contributed by atoms with Crippen molar-refractivity contribution < 1.29 is 14.6 Å². The van der Waals surface area contributed by atoms with E-state index in [0.717, 1.165) is 43.3 Å². The largest absolute Gasteiger partial charge is 0.390 e. The van der Waals surface area contributed by atoms with Gasteiger partial charge in [0.15, 0.2) is 0 Å². The Bertz CT molecular complexity index is 813. The van der Waals surface area contributed by atoms with Crippen molar-refractivity contribution in [1.82, 2.24) is 0 Å². The fourth-order valence-corrected chi connectivity index (χ4v) is 6.11. The molecule has 3 aliphatic rings. The highest BCUT2D eigenvalue weighted by Crippen LogP contribution is 2.57. The predicted octanol–water partition coefficient (Wildman–Crippen LogP) is 7.16. The minimum absolute atomic E-state index is 0.189. The molecule has 3 rings (SSSR count). The number of fused-ring (bicyclic) bond motifs is 1. The quantitative estimate of drug-likeness (QED) is 0.411. The van der Waals surface area contributed by atoms with E-state index in [1.165, 1.54) is 18.4 Å². The molecular weight excluding hydrogens is 399 g/mol. The van der Waals surface area contributed by atoms with Gasteiger partial charge in [0.25, 0.3) is 0 Å². The monoisotopic (exact) mass is 442 g/mol. The molecule has 0 spiro atoms. The van der Waals surface area contributed by atoms with Crippen LogP contribution in [0.3, 0.4) is 0 Å². The Hall–Kier alpha value is -1.45. The number of aliphatic hydroxyl groups excluding tert-OH is 1. The summed E-state index contributed by atoms with van der Waals surface area (Å²) in [5, 5.41) is 20.5. The van der Waals surface area contributed by atoms with Gasteiger partial charge in [0.2, 0.25) is 0 Å². The summed E-state index contributed by atoms with van der Waals surface area (Å²) in [5.41, 5.74) is 4.38. The molecule has 2 N–H and O–H groups in total. The maximum Gasteiger partial charge on any atom is 0.130 e. The zero-order chi connectivity index (χ0) is 23.5. The van der Waals surface area contributed by atoms with Gasteiger partial charge in [-0.3, -0.25) is 0 Å². The molecule has 2 fully saturated rings. The molecule has 0 aliphatic heterocycles. The third-order valence-electron chi connectivity index (χ3n) is 8.52. The third-order valence-corrected chi connectivity index (χ3v) is 8.52. The number of rotatable bonds is 7. The lowest BCUT2D eigenvalue weighted by Gasteiger charge is -2.42. The van der Waals surface area contributed by atoms with Gasteiger partial charge in [-0.2, -0.15) is 0 Å². The van der Waals surface area contributed by atoms with E-state index in [-0.39, 0.29) is 11.8 Å². The van der Waals surface area contributed by atoms with Crippen LogP contribution in [-0.2, 0) is 0 Å². The Balaban J connectivity index is 1.72. The van der Waals surface area contributed by atoms with Crippen LogP contribution in [0.2, 0.25) is 0 Å². The minimum Gasteiger partial charge on any atom is -0.390 e. The van der Waals surface area contributed by atoms with Crippen molar-refractivity contribution in [3.05, 3.63) is 59.3 Å². The fourth-order valence-electron chi connectivity index (χ4n) is 6.11. The summed E-state index contributed by atoms with van der Waals surface area (Å²) >= 11 is 0. The molecular formula is C29H43FO2. The van der Waals surface area contributed by atoms with Crippen LogP contribution in [0.15, 0.2) is 59.3 Å². The smallest absolute Gasteiger partial charge is 0.130 e. The molecule has 0 aromatic heterocycles. The summed E-state index contributed by atoms with van der Waals surface area (Å²) in [6, 6.07) is 0. The lowest BCUT2D eigenvalue weighted by molar-refractivity contribution is 0.0704. The second-order valence-electron chi connectivity index (χ2n) is 10.6. The van der Waals surface area contributed by atoms with Gasteiger partial charge in [-0.25, -0.2) is 4.39 Å². The number of alkyl halides is 1. The Morgan fingerprint density at radius 3 is 2.69 bits per heavy atom. The van der Waals surface area contributed by atoms with E-state index in [0.29, 0.717) is 18.3 Å². The normalized spacial score (nSPS) is 34.9. The molecule has 178 valence electrons. The van der Waals surface area contributed by atoms with Gasteiger partial charge in [0, 0.05) is 12.8 Å². The van der Waals surface area contributed by atoms with Gasteiger partial charge < -0.3 is 10.2 Å². The molecule has 32 heavy (non-hydrogen) atoms. The molecule has 0 unspecified atom stereocenters. The van der Waals surface area contributed by atoms with E-state index in [4.69, 9.17) is 0 Å². The van der Waals surface area contributed by atoms with E-state index in [9.17, 15) is 14.6 Å². The highest BCUT2D eigenvalue weighted by molar-refractivity contribution is 5.39. The van der Waals surface area contributed by atoms with Gasteiger partial charge in [-0.15, -0.1) is 0 Å². The van der Waals surface area contributed by atoms with Crippen LogP contribution in [0.5, 0.6) is 0 Å². The molecule has 0 amide bonds. The van der Waals surface area contributed by atoms with Crippen molar-refractivity contribution in [1.29, 1.82) is 0 Å². The first kappa shape index (κ1) is 25.2. The first-order valence-electron chi connectivity index (χ1n) is 12.6. The molecule has 5 atom stereocenters. The number of halogens is 1. The summed E-state index contributed by atoms with van der Waals surface area (Å²) in [7, 11) is 0. The molecule has 3 aliphatic carbocycles. The maximum atomic E-state index is 13.8. The van der Waals surface area contributed by atoms with Crippen LogP contribution < -0.4 is 0 Å². The van der Waals surface area contributed by atoms with E-state index in [2.05, 4.69) is 44.7 Å². The van der Waals surface area contributed by atoms with E-state index < -0.39 is 17.9 Å². The number of hydrogen-bond acceptors (Lipinski definition) is 2. The van der Waals surface area contributed by atoms with E-state index in [1.807, 2.05) is 19.9 Å². The molecule has 0 heterocycles. The summed E-state index contributed by atoms with van der Waals surface area (Å²) in [4.78, 5) is 0. The Kier molecular flexibility index (Phi) is 8.04. The van der Waals surface area contributed by atoms with Gasteiger partial charge in [0.1, 0.15) is 6.17 Å². The van der Waals surface area contributed by atoms with Crippen molar-refractivity contribution >= 4 is 0 Å². The summed E-state index contributed by atoms with van der Waals surface area (Å²) in [5.74, 6) is 0.986. The lowest BCUT2D eigenvalue weighted by Crippen LogP contribution is -2.32. The first-order valence-corrected chi connectivity index (χ1v) is 12.6. The second kappa shape index (κ2) is 10.2.